The smallest absolute Gasteiger partial charge is 0.0777 e. The molecule has 0 rings (SSSR count). The Labute approximate surface area is 64.9 Å². The van der Waals surface area contributed by atoms with Crippen LogP contribution in [0.2, 0.25) is 0 Å². The van der Waals surface area contributed by atoms with E-state index in [-0.39, 0.29) is 11.5 Å². The molecule has 1 atom stereocenters. The van der Waals surface area contributed by atoms with Gasteiger partial charge < -0.3 is 5.11 Å². The molecule has 0 fully saturated rings. The van der Waals surface area contributed by atoms with Gasteiger partial charge in [0.15, 0.2) is 0 Å². The van der Waals surface area contributed by atoms with Crippen molar-refractivity contribution in [2.24, 2.45) is 5.41 Å². The minimum Gasteiger partial charge on any atom is -0.388 e. The number of hydrogen-bond acceptors (Lipinski definition) is 1. The van der Waals surface area contributed by atoms with Crippen LogP contribution in [0.4, 0.5) is 0 Å². The lowest BCUT2D eigenvalue weighted by atomic mass is 9.89. The van der Waals surface area contributed by atoms with Crippen molar-refractivity contribution in [3.8, 4) is 0 Å². The molecule has 0 aliphatic heterocycles. The number of rotatable bonds is 1. The number of halogens is 1. The lowest BCUT2D eigenvalue weighted by Gasteiger charge is -2.22. The van der Waals surface area contributed by atoms with Crippen LogP contribution in [0.15, 0.2) is 11.1 Å². The van der Waals surface area contributed by atoms with Crippen molar-refractivity contribution in [1.82, 2.24) is 0 Å². The second kappa shape index (κ2) is 3.37. The molecule has 54 valence electrons. The Morgan fingerprint density at radius 3 is 2.00 bits per heavy atom. The highest BCUT2D eigenvalue weighted by Crippen LogP contribution is 2.19. The molecule has 0 heterocycles. The maximum Gasteiger partial charge on any atom is 0.0777 e. The van der Waals surface area contributed by atoms with E-state index in [0.29, 0.717) is 0 Å². The van der Waals surface area contributed by atoms with E-state index in [4.69, 9.17) is 0 Å². The van der Waals surface area contributed by atoms with Gasteiger partial charge in [0.25, 0.3) is 0 Å². The molecule has 0 amide bonds. The maximum absolute atomic E-state index is 9.27. The molecule has 1 N–H and O–H groups in total. The summed E-state index contributed by atoms with van der Waals surface area (Å²) < 4.78 is 0. The molecule has 0 bridgehead atoms. The highest BCUT2D eigenvalue weighted by atomic mass is 79.9. The lowest BCUT2D eigenvalue weighted by molar-refractivity contribution is 0.106. The van der Waals surface area contributed by atoms with Gasteiger partial charge in [0.1, 0.15) is 0 Å². The van der Waals surface area contributed by atoms with E-state index in [9.17, 15) is 5.11 Å². The summed E-state index contributed by atoms with van der Waals surface area (Å²) in [6, 6.07) is 0. The first-order chi connectivity index (χ1) is 3.98. The van der Waals surface area contributed by atoms with Crippen LogP contribution in [0.3, 0.4) is 0 Å². The van der Waals surface area contributed by atoms with Crippen molar-refractivity contribution in [1.29, 1.82) is 0 Å². The molecule has 9 heavy (non-hydrogen) atoms. The molecule has 0 aromatic heterocycles. The molecule has 0 aromatic carbocycles. The van der Waals surface area contributed by atoms with Crippen LogP contribution >= 0.6 is 15.9 Å². The molecule has 0 saturated carbocycles. The molecule has 0 aliphatic carbocycles. The van der Waals surface area contributed by atoms with E-state index < -0.39 is 0 Å². The van der Waals surface area contributed by atoms with Crippen molar-refractivity contribution in [3.63, 3.8) is 0 Å². The number of aliphatic hydroxyl groups is 1. The Bertz CT molecular complexity index is 102. The summed E-state index contributed by atoms with van der Waals surface area (Å²) in [6.45, 7) is 5.97. The molecule has 0 spiro atoms. The third kappa shape index (κ3) is 3.71. The Morgan fingerprint density at radius 2 is 1.89 bits per heavy atom. The minimum atomic E-state index is -0.364. The van der Waals surface area contributed by atoms with Crippen molar-refractivity contribution in [3.05, 3.63) is 11.1 Å². The summed E-state index contributed by atoms with van der Waals surface area (Å²) in [4.78, 5) is 1.68. The second-order valence-electron chi connectivity index (χ2n) is 3.13. The lowest BCUT2D eigenvalue weighted by Crippen LogP contribution is -2.23. The van der Waals surface area contributed by atoms with Gasteiger partial charge in [-0.15, -0.1) is 0 Å². The van der Waals surface area contributed by atoms with Crippen LogP contribution in [-0.4, -0.2) is 11.2 Å². The maximum atomic E-state index is 9.27. The van der Waals surface area contributed by atoms with E-state index in [0.717, 1.165) is 0 Å². The Hall–Kier alpha value is 0.180. The van der Waals surface area contributed by atoms with Gasteiger partial charge in [-0.25, -0.2) is 0 Å². The number of hydrogen-bond donors (Lipinski definition) is 1. The monoisotopic (exact) mass is 192 g/mol. The van der Waals surface area contributed by atoms with E-state index in [2.05, 4.69) is 15.9 Å². The van der Waals surface area contributed by atoms with Crippen LogP contribution in [0.5, 0.6) is 0 Å². The quantitative estimate of drug-likeness (QED) is 0.677. The van der Waals surface area contributed by atoms with E-state index >= 15 is 0 Å². The van der Waals surface area contributed by atoms with Crippen LogP contribution in [-0.2, 0) is 0 Å². The van der Waals surface area contributed by atoms with Crippen LogP contribution in [0.25, 0.3) is 0 Å². The summed E-state index contributed by atoms with van der Waals surface area (Å²) in [7, 11) is 0. The molecule has 0 saturated heterocycles. The standard InChI is InChI=1S/C7H13BrO/c1-7(2,3)6(9)4-5-8/h4-6,9H,1-3H3/b5-4-. The molecule has 1 nitrogen and oxygen atoms in total. The predicted molar refractivity (Wildman–Crippen MR) is 43.5 cm³/mol. The van der Waals surface area contributed by atoms with Crippen molar-refractivity contribution in [2.75, 3.05) is 0 Å². The Balaban J connectivity index is 3.88. The van der Waals surface area contributed by atoms with Gasteiger partial charge in [-0.2, -0.15) is 0 Å². The SMILES string of the molecule is CC(C)(C)C(O)/C=C\Br. The summed E-state index contributed by atoms with van der Waals surface area (Å²) in [6.07, 6.45) is 1.36. The zero-order valence-corrected chi connectivity index (χ0v) is 7.64. The van der Waals surface area contributed by atoms with Crippen molar-refractivity contribution in [2.45, 2.75) is 26.9 Å². The Morgan fingerprint density at radius 1 is 1.44 bits per heavy atom. The molecule has 0 aliphatic rings. The van der Waals surface area contributed by atoms with Gasteiger partial charge in [-0.05, 0) is 16.5 Å². The normalized spacial score (nSPS) is 16.6. The van der Waals surface area contributed by atoms with Crippen molar-refractivity contribution < 1.29 is 5.11 Å². The van der Waals surface area contributed by atoms with Gasteiger partial charge in [-0.1, -0.05) is 36.7 Å². The Kier molecular flexibility index (Phi) is 3.44. The van der Waals surface area contributed by atoms with E-state index in [1.807, 2.05) is 20.8 Å². The first-order valence-corrected chi connectivity index (χ1v) is 3.85. The van der Waals surface area contributed by atoms with Crippen LogP contribution in [0, 0.1) is 5.41 Å². The zero-order chi connectivity index (χ0) is 7.49. The second-order valence-corrected chi connectivity index (χ2v) is 3.66. The molecule has 2 heteroatoms. The first-order valence-electron chi connectivity index (χ1n) is 2.93. The van der Waals surface area contributed by atoms with Gasteiger partial charge in [0.05, 0.1) is 6.10 Å². The van der Waals surface area contributed by atoms with Gasteiger partial charge in [-0.3, -0.25) is 0 Å². The molecule has 0 aromatic rings. The topological polar surface area (TPSA) is 20.2 Å². The largest absolute Gasteiger partial charge is 0.388 e. The molecule has 1 unspecified atom stereocenters. The third-order valence-corrected chi connectivity index (χ3v) is 1.45. The fourth-order valence-electron chi connectivity index (χ4n) is 0.358. The molecular formula is C7H13BrO. The van der Waals surface area contributed by atoms with Crippen LogP contribution in [0.1, 0.15) is 20.8 Å². The summed E-state index contributed by atoms with van der Waals surface area (Å²) in [5.41, 5.74) is -0.0513. The molecular weight excluding hydrogens is 180 g/mol. The van der Waals surface area contributed by atoms with Crippen molar-refractivity contribution >= 4 is 15.9 Å². The molecule has 0 radical (unpaired) electrons. The fraction of sp³-hybridized carbons (Fsp3) is 0.714. The summed E-state index contributed by atoms with van der Waals surface area (Å²) >= 11 is 3.10. The first kappa shape index (κ1) is 9.18. The van der Waals surface area contributed by atoms with Gasteiger partial charge >= 0.3 is 0 Å². The average Bonchev–Trinajstić information content (AvgIpc) is 1.64. The van der Waals surface area contributed by atoms with Gasteiger partial charge in [0.2, 0.25) is 0 Å². The van der Waals surface area contributed by atoms with E-state index in [1.165, 1.54) is 0 Å². The highest BCUT2D eigenvalue weighted by Gasteiger charge is 2.18. The third-order valence-electron chi connectivity index (χ3n) is 1.14. The number of aliphatic hydroxyl groups excluding tert-OH is 1. The zero-order valence-electron chi connectivity index (χ0n) is 6.06. The summed E-state index contributed by atoms with van der Waals surface area (Å²) in [5.74, 6) is 0. The average molecular weight is 193 g/mol. The van der Waals surface area contributed by atoms with Gasteiger partial charge in [0, 0.05) is 0 Å². The predicted octanol–water partition coefficient (Wildman–Crippen LogP) is 2.30. The highest BCUT2D eigenvalue weighted by molar-refractivity contribution is 9.11. The van der Waals surface area contributed by atoms with Crippen LogP contribution < -0.4 is 0 Å². The fourth-order valence-corrected chi connectivity index (χ4v) is 0.647. The van der Waals surface area contributed by atoms with E-state index in [1.54, 1.807) is 11.1 Å². The summed E-state index contributed by atoms with van der Waals surface area (Å²) in [5, 5.41) is 9.27. The minimum absolute atomic E-state index is 0.0513.